The van der Waals surface area contributed by atoms with E-state index in [1.54, 1.807) is 14.2 Å². The van der Waals surface area contributed by atoms with Crippen molar-refractivity contribution in [3.63, 3.8) is 0 Å². The summed E-state index contributed by atoms with van der Waals surface area (Å²) in [7, 11) is 3.23. The topological polar surface area (TPSA) is 33.7 Å². The molecule has 0 unspecified atom stereocenters. The quantitative estimate of drug-likeness (QED) is 0.913. The van der Waals surface area contributed by atoms with Crippen molar-refractivity contribution in [2.24, 2.45) is 0 Å². The highest BCUT2D eigenvalue weighted by atomic mass is 35.5. The molecule has 0 aromatic heterocycles. The van der Waals surface area contributed by atoms with E-state index in [2.05, 4.69) is 17.1 Å². The van der Waals surface area contributed by atoms with Crippen LogP contribution in [-0.2, 0) is 0 Å². The van der Waals surface area contributed by atoms with Gasteiger partial charge in [0, 0.05) is 43.5 Å². The highest BCUT2D eigenvalue weighted by Crippen LogP contribution is 2.38. The number of nitrogens with zero attached hydrogens (tertiary/aromatic N) is 1. The predicted octanol–water partition coefficient (Wildman–Crippen LogP) is 2.16. The van der Waals surface area contributed by atoms with Crippen LogP contribution in [0.2, 0.25) is 5.02 Å². The van der Waals surface area contributed by atoms with Crippen molar-refractivity contribution >= 4 is 17.3 Å². The second-order valence-electron chi connectivity index (χ2n) is 4.41. The van der Waals surface area contributed by atoms with E-state index in [0.29, 0.717) is 22.6 Å². The van der Waals surface area contributed by atoms with Crippen molar-refractivity contribution in [2.45, 2.75) is 13.0 Å². The molecule has 0 radical (unpaired) electrons. The molecule has 1 aliphatic rings. The Kier molecular flexibility index (Phi) is 4.19. The first-order chi connectivity index (χ1) is 8.67. The van der Waals surface area contributed by atoms with Gasteiger partial charge in [-0.05, 0) is 6.92 Å². The van der Waals surface area contributed by atoms with Crippen LogP contribution in [0.5, 0.6) is 11.5 Å². The third-order valence-electron chi connectivity index (χ3n) is 3.26. The highest BCUT2D eigenvalue weighted by Gasteiger charge is 2.21. The molecule has 1 aliphatic heterocycles. The Labute approximate surface area is 113 Å². The Balaban J connectivity index is 2.37. The third-order valence-corrected chi connectivity index (χ3v) is 3.64. The normalized spacial score (nSPS) is 19.8. The molecular formula is C13H19ClN2O2. The van der Waals surface area contributed by atoms with Crippen LogP contribution in [0.1, 0.15) is 6.92 Å². The van der Waals surface area contributed by atoms with Gasteiger partial charge in [0.25, 0.3) is 0 Å². The van der Waals surface area contributed by atoms with Gasteiger partial charge in [-0.15, -0.1) is 0 Å². The molecule has 0 amide bonds. The lowest BCUT2D eigenvalue weighted by Crippen LogP contribution is -2.49. The van der Waals surface area contributed by atoms with Crippen molar-refractivity contribution in [3.05, 3.63) is 17.2 Å². The number of halogens is 1. The largest absolute Gasteiger partial charge is 0.495 e. The van der Waals surface area contributed by atoms with Gasteiger partial charge in [0.2, 0.25) is 0 Å². The molecule has 1 saturated heterocycles. The molecule has 18 heavy (non-hydrogen) atoms. The molecule has 5 heteroatoms. The van der Waals surface area contributed by atoms with Crippen LogP contribution in [0.4, 0.5) is 5.69 Å². The second kappa shape index (κ2) is 5.67. The standard InChI is InChI=1S/C13H19ClN2O2/c1-9-8-15-4-5-16(9)10-6-11(17-2)13(14)12(7-10)18-3/h6-7,9,15H,4-5,8H2,1-3H3/t9-/m0/s1. The number of nitrogens with one attached hydrogen (secondary N) is 1. The molecule has 100 valence electrons. The summed E-state index contributed by atoms with van der Waals surface area (Å²) in [6.07, 6.45) is 0. The van der Waals surface area contributed by atoms with E-state index >= 15 is 0 Å². The zero-order chi connectivity index (χ0) is 13.1. The van der Waals surface area contributed by atoms with Gasteiger partial charge in [0.15, 0.2) is 0 Å². The minimum Gasteiger partial charge on any atom is -0.495 e. The van der Waals surface area contributed by atoms with Gasteiger partial charge < -0.3 is 19.7 Å². The Hall–Kier alpha value is -1.13. The fourth-order valence-corrected chi connectivity index (χ4v) is 2.51. The molecule has 1 N–H and O–H groups in total. The summed E-state index contributed by atoms with van der Waals surface area (Å²) in [5.41, 5.74) is 1.09. The summed E-state index contributed by atoms with van der Waals surface area (Å²) in [6.45, 7) is 5.12. The minimum absolute atomic E-state index is 0.439. The van der Waals surface area contributed by atoms with Gasteiger partial charge in [-0.2, -0.15) is 0 Å². The lowest BCUT2D eigenvalue weighted by atomic mass is 10.1. The number of hydrogen-bond donors (Lipinski definition) is 1. The van der Waals surface area contributed by atoms with Crippen LogP contribution in [0.25, 0.3) is 0 Å². The first-order valence-corrected chi connectivity index (χ1v) is 6.44. The monoisotopic (exact) mass is 270 g/mol. The van der Waals surface area contributed by atoms with Gasteiger partial charge in [-0.1, -0.05) is 11.6 Å². The van der Waals surface area contributed by atoms with E-state index in [4.69, 9.17) is 21.1 Å². The molecule has 0 saturated carbocycles. The van der Waals surface area contributed by atoms with E-state index in [-0.39, 0.29) is 0 Å². The van der Waals surface area contributed by atoms with Crippen LogP contribution in [0, 0.1) is 0 Å². The first kappa shape index (κ1) is 13.3. The van der Waals surface area contributed by atoms with Crippen molar-refractivity contribution in [1.82, 2.24) is 5.32 Å². The predicted molar refractivity (Wildman–Crippen MR) is 74.2 cm³/mol. The molecular weight excluding hydrogens is 252 g/mol. The summed E-state index contributed by atoms with van der Waals surface area (Å²) in [4.78, 5) is 2.33. The number of ether oxygens (including phenoxy) is 2. The van der Waals surface area contributed by atoms with Crippen LogP contribution >= 0.6 is 11.6 Å². The summed E-state index contributed by atoms with van der Waals surface area (Å²) in [6, 6.07) is 4.37. The lowest BCUT2D eigenvalue weighted by Gasteiger charge is -2.36. The fourth-order valence-electron chi connectivity index (χ4n) is 2.25. The van der Waals surface area contributed by atoms with Gasteiger partial charge in [-0.25, -0.2) is 0 Å². The van der Waals surface area contributed by atoms with Crippen LogP contribution in [0.15, 0.2) is 12.1 Å². The Morgan fingerprint density at radius 1 is 1.28 bits per heavy atom. The number of anilines is 1. The second-order valence-corrected chi connectivity index (χ2v) is 4.79. The zero-order valence-electron chi connectivity index (χ0n) is 11.0. The maximum absolute atomic E-state index is 6.18. The molecule has 0 aliphatic carbocycles. The van der Waals surface area contributed by atoms with Gasteiger partial charge >= 0.3 is 0 Å². The van der Waals surface area contributed by atoms with Gasteiger partial charge in [0.1, 0.15) is 16.5 Å². The maximum atomic E-state index is 6.18. The van der Waals surface area contributed by atoms with Crippen molar-refractivity contribution < 1.29 is 9.47 Å². The number of methoxy groups -OCH3 is 2. The summed E-state index contributed by atoms with van der Waals surface area (Å²) in [5, 5.41) is 3.89. The van der Waals surface area contributed by atoms with Gasteiger partial charge in [0.05, 0.1) is 14.2 Å². The summed E-state index contributed by atoms with van der Waals surface area (Å²) >= 11 is 6.18. The van der Waals surface area contributed by atoms with E-state index in [9.17, 15) is 0 Å². The molecule has 0 bridgehead atoms. The third kappa shape index (κ3) is 2.49. The van der Waals surface area contributed by atoms with Crippen LogP contribution in [-0.4, -0.2) is 39.9 Å². The average molecular weight is 271 g/mol. The molecule has 0 spiro atoms. The number of rotatable bonds is 3. The molecule has 1 heterocycles. The van der Waals surface area contributed by atoms with E-state index in [0.717, 1.165) is 25.3 Å². The Morgan fingerprint density at radius 2 is 1.89 bits per heavy atom. The van der Waals surface area contributed by atoms with Crippen molar-refractivity contribution in [3.8, 4) is 11.5 Å². The summed E-state index contributed by atoms with van der Waals surface area (Å²) < 4.78 is 10.6. The summed E-state index contributed by atoms with van der Waals surface area (Å²) in [5.74, 6) is 1.30. The molecule has 1 aromatic rings. The number of piperazine rings is 1. The average Bonchev–Trinajstić information content (AvgIpc) is 2.40. The molecule has 2 rings (SSSR count). The SMILES string of the molecule is COc1cc(N2CCNC[C@@H]2C)cc(OC)c1Cl. The molecule has 1 fully saturated rings. The molecule has 1 atom stereocenters. The lowest BCUT2D eigenvalue weighted by molar-refractivity contribution is 0.394. The Morgan fingerprint density at radius 3 is 2.39 bits per heavy atom. The van der Waals surface area contributed by atoms with Crippen LogP contribution in [0.3, 0.4) is 0 Å². The van der Waals surface area contributed by atoms with Crippen LogP contribution < -0.4 is 19.7 Å². The number of hydrogen-bond acceptors (Lipinski definition) is 4. The van der Waals surface area contributed by atoms with E-state index < -0.39 is 0 Å². The van der Waals surface area contributed by atoms with E-state index in [1.807, 2.05) is 12.1 Å². The van der Waals surface area contributed by atoms with E-state index in [1.165, 1.54) is 0 Å². The van der Waals surface area contributed by atoms with Crippen molar-refractivity contribution in [1.29, 1.82) is 0 Å². The first-order valence-electron chi connectivity index (χ1n) is 6.06. The van der Waals surface area contributed by atoms with Crippen molar-refractivity contribution in [2.75, 3.05) is 38.8 Å². The molecule has 4 nitrogen and oxygen atoms in total. The maximum Gasteiger partial charge on any atom is 0.143 e. The number of benzene rings is 1. The Bertz CT molecular complexity index is 400. The molecule has 1 aromatic carbocycles. The fraction of sp³-hybridized carbons (Fsp3) is 0.538. The minimum atomic E-state index is 0.439. The highest BCUT2D eigenvalue weighted by molar-refractivity contribution is 6.33. The van der Waals surface area contributed by atoms with Gasteiger partial charge in [-0.3, -0.25) is 0 Å². The zero-order valence-corrected chi connectivity index (χ0v) is 11.8. The smallest absolute Gasteiger partial charge is 0.143 e.